The predicted octanol–water partition coefficient (Wildman–Crippen LogP) is 3.70. The first-order chi connectivity index (χ1) is 10.1. The number of hydrogen-bond donors (Lipinski definition) is 0. The van der Waals surface area contributed by atoms with Crippen LogP contribution in [0.2, 0.25) is 10.0 Å². The number of rotatable bonds is 4. The van der Waals surface area contributed by atoms with Crippen molar-refractivity contribution >= 4 is 29.1 Å². The molecule has 1 aliphatic rings. The Kier molecular flexibility index (Phi) is 3.87. The Hall–Kier alpha value is -1.59. The van der Waals surface area contributed by atoms with Crippen LogP contribution in [-0.2, 0) is 0 Å². The minimum Gasteiger partial charge on any atom is -0.463 e. The van der Waals surface area contributed by atoms with E-state index in [9.17, 15) is 4.79 Å². The highest BCUT2D eigenvalue weighted by molar-refractivity contribution is 6.42. The van der Waals surface area contributed by atoms with Crippen LogP contribution in [0.3, 0.4) is 0 Å². The summed E-state index contributed by atoms with van der Waals surface area (Å²) in [6, 6.07) is 5.28. The van der Waals surface area contributed by atoms with Gasteiger partial charge in [0.25, 0.3) is 5.91 Å². The van der Waals surface area contributed by atoms with Gasteiger partial charge in [-0.3, -0.25) is 4.79 Å². The second-order valence-corrected chi connectivity index (χ2v) is 5.62. The lowest BCUT2D eigenvalue weighted by Crippen LogP contribution is -2.15. The van der Waals surface area contributed by atoms with Gasteiger partial charge in [0, 0.05) is 11.5 Å². The van der Waals surface area contributed by atoms with Crippen molar-refractivity contribution in [3.63, 3.8) is 0 Å². The SMILES string of the molecule is CCOc1nc(-c2ccc(Cl)c(Cl)c2)n(C(=O)C2CC2)n1. The van der Waals surface area contributed by atoms with Crippen LogP contribution in [0.15, 0.2) is 18.2 Å². The van der Waals surface area contributed by atoms with E-state index in [0.717, 1.165) is 12.8 Å². The molecule has 0 N–H and O–H groups in total. The van der Waals surface area contributed by atoms with Gasteiger partial charge in [0.2, 0.25) is 0 Å². The summed E-state index contributed by atoms with van der Waals surface area (Å²) in [6.45, 7) is 2.27. The van der Waals surface area contributed by atoms with Crippen LogP contribution in [0.1, 0.15) is 24.6 Å². The van der Waals surface area contributed by atoms with Gasteiger partial charge in [0.1, 0.15) is 0 Å². The molecule has 0 unspecified atom stereocenters. The van der Waals surface area contributed by atoms with Gasteiger partial charge in [-0.2, -0.15) is 9.67 Å². The van der Waals surface area contributed by atoms with Crippen LogP contribution in [0.4, 0.5) is 0 Å². The Bertz CT molecular complexity index is 696. The molecule has 1 saturated carbocycles. The van der Waals surface area contributed by atoms with Crippen LogP contribution in [-0.4, -0.2) is 27.3 Å². The van der Waals surface area contributed by atoms with Gasteiger partial charge in [-0.05, 0) is 38.0 Å². The lowest BCUT2D eigenvalue weighted by atomic mass is 10.2. The van der Waals surface area contributed by atoms with Gasteiger partial charge in [-0.1, -0.05) is 23.2 Å². The Labute approximate surface area is 131 Å². The van der Waals surface area contributed by atoms with Gasteiger partial charge in [-0.25, -0.2) is 0 Å². The number of hydrogen-bond acceptors (Lipinski definition) is 4. The highest BCUT2D eigenvalue weighted by atomic mass is 35.5. The molecule has 1 fully saturated rings. The fraction of sp³-hybridized carbons (Fsp3) is 0.357. The molecule has 1 heterocycles. The predicted molar refractivity (Wildman–Crippen MR) is 80.0 cm³/mol. The van der Waals surface area contributed by atoms with Gasteiger partial charge in [0.05, 0.1) is 16.7 Å². The largest absolute Gasteiger partial charge is 0.463 e. The Morgan fingerprint density at radius 3 is 2.76 bits per heavy atom. The second-order valence-electron chi connectivity index (χ2n) is 4.80. The molecule has 0 radical (unpaired) electrons. The summed E-state index contributed by atoms with van der Waals surface area (Å²) in [7, 11) is 0. The molecule has 3 rings (SSSR count). The fourth-order valence-electron chi connectivity index (χ4n) is 1.96. The van der Waals surface area contributed by atoms with Crippen molar-refractivity contribution in [2.75, 3.05) is 6.61 Å². The van der Waals surface area contributed by atoms with E-state index in [2.05, 4.69) is 10.1 Å². The average Bonchev–Trinajstić information content (AvgIpc) is 3.23. The third-order valence-corrected chi connectivity index (χ3v) is 3.91. The fourth-order valence-corrected chi connectivity index (χ4v) is 2.26. The first-order valence-corrected chi connectivity index (χ1v) is 7.45. The van der Waals surface area contributed by atoms with Gasteiger partial charge in [0.15, 0.2) is 5.82 Å². The van der Waals surface area contributed by atoms with Gasteiger partial charge in [-0.15, -0.1) is 5.10 Å². The molecule has 1 aliphatic carbocycles. The van der Waals surface area contributed by atoms with Crippen LogP contribution >= 0.6 is 23.2 Å². The molecule has 0 atom stereocenters. The monoisotopic (exact) mass is 325 g/mol. The molecule has 7 heteroatoms. The van der Waals surface area contributed by atoms with Crippen LogP contribution in [0, 0.1) is 5.92 Å². The lowest BCUT2D eigenvalue weighted by molar-refractivity contribution is 0.0870. The van der Waals surface area contributed by atoms with Crippen LogP contribution < -0.4 is 4.74 Å². The number of aromatic nitrogens is 3. The topological polar surface area (TPSA) is 57.0 Å². The third-order valence-electron chi connectivity index (χ3n) is 3.17. The van der Waals surface area contributed by atoms with E-state index in [1.165, 1.54) is 4.68 Å². The molecule has 1 aromatic carbocycles. The zero-order valence-electron chi connectivity index (χ0n) is 11.3. The van der Waals surface area contributed by atoms with Crippen molar-refractivity contribution in [3.05, 3.63) is 28.2 Å². The number of nitrogens with zero attached hydrogens (tertiary/aromatic N) is 3. The molecule has 0 bridgehead atoms. The number of carbonyl (C=O) groups is 1. The molecule has 0 spiro atoms. The molecular formula is C14H13Cl2N3O2. The van der Waals surface area contributed by atoms with E-state index in [4.69, 9.17) is 27.9 Å². The molecule has 21 heavy (non-hydrogen) atoms. The van der Waals surface area contributed by atoms with Crippen LogP contribution in [0.5, 0.6) is 6.01 Å². The number of ether oxygens (including phenoxy) is 1. The minimum absolute atomic E-state index is 0.0303. The van der Waals surface area contributed by atoms with Crippen molar-refractivity contribution in [2.45, 2.75) is 19.8 Å². The minimum atomic E-state index is -0.0606. The summed E-state index contributed by atoms with van der Waals surface area (Å²) in [6.07, 6.45) is 1.78. The normalized spacial score (nSPS) is 14.2. The van der Waals surface area contributed by atoms with E-state index < -0.39 is 0 Å². The molecule has 0 saturated heterocycles. The lowest BCUT2D eigenvalue weighted by Gasteiger charge is -2.04. The Morgan fingerprint density at radius 1 is 1.38 bits per heavy atom. The summed E-state index contributed by atoms with van der Waals surface area (Å²) in [5.74, 6) is 0.395. The van der Waals surface area contributed by atoms with Crippen molar-refractivity contribution in [1.29, 1.82) is 0 Å². The smallest absolute Gasteiger partial charge is 0.336 e. The third kappa shape index (κ3) is 2.89. The number of carbonyl (C=O) groups excluding carboxylic acids is 1. The van der Waals surface area contributed by atoms with E-state index in [1.54, 1.807) is 18.2 Å². The molecule has 5 nitrogen and oxygen atoms in total. The summed E-state index contributed by atoms with van der Waals surface area (Å²) in [5, 5.41) is 5.00. The van der Waals surface area contributed by atoms with Crippen molar-refractivity contribution in [2.24, 2.45) is 5.92 Å². The molecule has 110 valence electrons. The van der Waals surface area contributed by atoms with Gasteiger partial charge < -0.3 is 4.74 Å². The summed E-state index contributed by atoms with van der Waals surface area (Å²) < 4.78 is 6.61. The summed E-state index contributed by atoms with van der Waals surface area (Å²) >= 11 is 12.0. The first kappa shape index (κ1) is 14.4. The molecule has 1 aromatic heterocycles. The van der Waals surface area contributed by atoms with E-state index in [1.807, 2.05) is 6.92 Å². The van der Waals surface area contributed by atoms with E-state index in [0.29, 0.717) is 28.0 Å². The maximum Gasteiger partial charge on any atom is 0.336 e. The zero-order chi connectivity index (χ0) is 15.0. The molecule has 2 aromatic rings. The molecule has 0 aliphatic heterocycles. The Morgan fingerprint density at radius 2 is 2.14 bits per heavy atom. The molecule has 0 amide bonds. The average molecular weight is 326 g/mol. The van der Waals surface area contributed by atoms with Crippen molar-refractivity contribution < 1.29 is 9.53 Å². The maximum absolute atomic E-state index is 12.3. The van der Waals surface area contributed by atoms with Crippen molar-refractivity contribution in [1.82, 2.24) is 14.8 Å². The zero-order valence-corrected chi connectivity index (χ0v) is 12.9. The quantitative estimate of drug-likeness (QED) is 0.860. The number of halogens is 2. The standard InChI is InChI=1S/C14H13Cl2N3O2/c1-2-21-14-17-12(9-5-6-10(15)11(16)7-9)19(18-14)13(20)8-3-4-8/h5-8H,2-4H2,1H3. The number of benzene rings is 1. The van der Waals surface area contributed by atoms with Crippen LogP contribution in [0.25, 0.3) is 11.4 Å². The van der Waals surface area contributed by atoms with Gasteiger partial charge >= 0.3 is 6.01 Å². The molecular weight excluding hydrogens is 313 g/mol. The summed E-state index contributed by atoms with van der Waals surface area (Å²) in [5.41, 5.74) is 0.678. The van der Waals surface area contributed by atoms with Crippen molar-refractivity contribution in [3.8, 4) is 17.4 Å². The first-order valence-electron chi connectivity index (χ1n) is 6.69. The maximum atomic E-state index is 12.3. The highest BCUT2D eigenvalue weighted by Gasteiger charge is 2.33. The second kappa shape index (κ2) is 5.66. The summed E-state index contributed by atoms with van der Waals surface area (Å²) in [4.78, 5) is 16.6. The highest BCUT2D eigenvalue weighted by Crippen LogP contribution is 2.33. The van der Waals surface area contributed by atoms with E-state index in [-0.39, 0.29) is 17.8 Å². The van der Waals surface area contributed by atoms with E-state index >= 15 is 0 Å². The Balaban J connectivity index is 2.05.